The fourth-order valence-electron chi connectivity index (χ4n) is 3.18. The molecule has 0 aliphatic carbocycles. The zero-order valence-electron chi connectivity index (χ0n) is 14.9. The van der Waals surface area contributed by atoms with E-state index in [4.69, 9.17) is 4.74 Å². The summed E-state index contributed by atoms with van der Waals surface area (Å²) in [7, 11) is -3.38. The van der Waals surface area contributed by atoms with Crippen molar-refractivity contribution in [1.29, 1.82) is 0 Å². The van der Waals surface area contributed by atoms with Crippen LogP contribution < -0.4 is 9.04 Å². The average molecular weight is 359 g/mol. The molecule has 0 saturated heterocycles. The van der Waals surface area contributed by atoms with Gasteiger partial charge in [-0.25, -0.2) is 8.42 Å². The number of hydrogen-bond donors (Lipinski definition) is 0. The number of ether oxygens (including phenoxy) is 1. The van der Waals surface area contributed by atoms with Crippen LogP contribution in [0.1, 0.15) is 30.0 Å². The Bertz CT molecular complexity index is 829. The third-order valence-corrected chi connectivity index (χ3v) is 6.32. The van der Waals surface area contributed by atoms with Crippen molar-refractivity contribution in [1.82, 2.24) is 0 Å². The number of benzene rings is 2. The topological polar surface area (TPSA) is 46.6 Å². The van der Waals surface area contributed by atoms with Gasteiger partial charge in [0.1, 0.15) is 18.1 Å². The Morgan fingerprint density at radius 2 is 1.88 bits per heavy atom. The first-order chi connectivity index (χ1) is 12.0. The zero-order valence-corrected chi connectivity index (χ0v) is 15.7. The molecule has 0 atom stereocenters. The van der Waals surface area contributed by atoms with E-state index in [1.54, 1.807) is 4.31 Å². The van der Waals surface area contributed by atoms with E-state index in [1.165, 1.54) is 5.56 Å². The molecule has 0 bridgehead atoms. The third-order valence-electron chi connectivity index (χ3n) is 4.59. The van der Waals surface area contributed by atoms with E-state index < -0.39 is 10.0 Å². The predicted molar refractivity (Wildman–Crippen MR) is 102 cm³/mol. The van der Waals surface area contributed by atoms with Crippen LogP contribution in [0.15, 0.2) is 42.5 Å². The number of hydrogen-bond acceptors (Lipinski definition) is 3. The first-order valence-corrected chi connectivity index (χ1v) is 10.4. The van der Waals surface area contributed by atoms with Crippen LogP contribution in [0.5, 0.6) is 5.75 Å². The summed E-state index contributed by atoms with van der Waals surface area (Å²) in [5.41, 5.74) is 4.34. The molecule has 0 radical (unpaired) electrons. The van der Waals surface area contributed by atoms with E-state index in [-0.39, 0.29) is 12.4 Å². The van der Waals surface area contributed by atoms with Crippen LogP contribution in [-0.4, -0.2) is 27.3 Å². The summed E-state index contributed by atoms with van der Waals surface area (Å²) in [4.78, 5) is 0. The summed E-state index contributed by atoms with van der Waals surface area (Å²) in [6, 6.07) is 13.8. The molecule has 4 nitrogen and oxygen atoms in total. The van der Waals surface area contributed by atoms with Gasteiger partial charge >= 0.3 is 0 Å². The van der Waals surface area contributed by atoms with Gasteiger partial charge in [-0.3, -0.25) is 4.31 Å². The minimum Gasteiger partial charge on any atom is -0.492 e. The highest BCUT2D eigenvalue weighted by atomic mass is 32.2. The Hall–Kier alpha value is -2.01. The van der Waals surface area contributed by atoms with Crippen molar-refractivity contribution in [2.24, 2.45) is 0 Å². The summed E-state index contributed by atoms with van der Waals surface area (Å²) in [6.45, 7) is 4.83. The van der Waals surface area contributed by atoms with Crippen molar-refractivity contribution in [2.45, 2.75) is 33.1 Å². The van der Waals surface area contributed by atoms with Gasteiger partial charge in [-0.05, 0) is 55.5 Å². The van der Waals surface area contributed by atoms with Gasteiger partial charge in [-0.15, -0.1) is 0 Å². The number of aryl methyl sites for hydroxylation is 3. The Morgan fingerprint density at radius 3 is 2.60 bits per heavy atom. The first-order valence-electron chi connectivity index (χ1n) is 8.81. The molecule has 25 heavy (non-hydrogen) atoms. The van der Waals surface area contributed by atoms with Gasteiger partial charge in [0.05, 0.1) is 5.69 Å². The van der Waals surface area contributed by atoms with E-state index >= 15 is 0 Å². The smallest absolute Gasteiger partial charge is 0.238 e. The van der Waals surface area contributed by atoms with Crippen molar-refractivity contribution in [2.75, 3.05) is 23.2 Å². The van der Waals surface area contributed by atoms with Crippen LogP contribution >= 0.6 is 0 Å². The third kappa shape index (κ3) is 4.15. The van der Waals surface area contributed by atoms with Gasteiger partial charge in [-0.1, -0.05) is 36.8 Å². The average Bonchev–Trinajstić information content (AvgIpc) is 2.61. The van der Waals surface area contributed by atoms with Crippen LogP contribution in [0.4, 0.5) is 5.69 Å². The molecule has 1 aliphatic heterocycles. The second-order valence-electron chi connectivity index (χ2n) is 6.47. The molecule has 0 amide bonds. The highest BCUT2D eigenvalue weighted by Crippen LogP contribution is 2.30. The second-order valence-corrected chi connectivity index (χ2v) is 8.48. The lowest BCUT2D eigenvalue weighted by atomic mass is 10.0. The van der Waals surface area contributed by atoms with Crippen LogP contribution in [-0.2, 0) is 22.9 Å². The number of sulfonamides is 1. The lowest BCUT2D eigenvalue weighted by Gasteiger charge is -2.30. The van der Waals surface area contributed by atoms with Crippen molar-refractivity contribution in [3.05, 3.63) is 59.2 Å². The molecule has 2 aromatic rings. The lowest BCUT2D eigenvalue weighted by molar-refractivity contribution is 0.340. The highest BCUT2D eigenvalue weighted by Gasteiger charge is 2.27. The van der Waals surface area contributed by atoms with Crippen LogP contribution in [0.2, 0.25) is 0 Å². The Morgan fingerprint density at radius 1 is 1.12 bits per heavy atom. The van der Waals surface area contributed by atoms with E-state index in [0.717, 1.165) is 36.1 Å². The van der Waals surface area contributed by atoms with Crippen molar-refractivity contribution < 1.29 is 13.2 Å². The van der Waals surface area contributed by atoms with Gasteiger partial charge in [0.2, 0.25) is 10.0 Å². The van der Waals surface area contributed by atoms with Crippen molar-refractivity contribution >= 4 is 15.7 Å². The predicted octanol–water partition coefficient (Wildman–Crippen LogP) is 3.72. The number of anilines is 1. The first kappa shape index (κ1) is 17.8. The maximum Gasteiger partial charge on any atom is 0.238 e. The van der Waals surface area contributed by atoms with Gasteiger partial charge in [0, 0.05) is 6.54 Å². The van der Waals surface area contributed by atoms with E-state index in [2.05, 4.69) is 13.0 Å². The summed E-state index contributed by atoms with van der Waals surface area (Å²) >= 11 is 0. The maximum atomic E-state index is 12.8. The molecule has 0 spiro atoms. The molecule has 0 fully saturated rings. The molecule has 1 heterocycles. The molecule has 1 aliphatic rings. The van der Waals surface area contributed by atoms with Crippen molar-refractivity contribution in [3.63, 3.8) is 0 Å². The maximum absolute atomic E-state index is 12.8. The summed E-state index contributed by atoms with van der Waals surface area (Å²) < 4.78 is 32.7. The Balaban J connectivity index is 1.66. The van der Waals surface area contributed by atoms with Crippen molar-refractivity contribution in [3.8, 4) is 5.75 Å². The molecule has 134 valence electrons. The minimum absolute atomic E-state index is 0.0180. The molecule has 5 heteroatoms. The summed E-state index contributed by atoms with van der Waals surface area (Å²) in [5, 5.41) is 0. The monoisotopic (exact) mass is 359 g/mol. The van der Waals surface area contributed by atoms with Crippen LogP contribution in [0.25, 0.3) is 0 Å². The SMILES string of the molecule is CCc1ccc(OCCS(=O)(=O)N2CCCc3cc(C)ccc32)cc1. The molecule has 2 aromatic carbocycles. The van der Waals surface area contributed by atoms with Gasteiger partial charge in [-0.2, -0.15) is 0 Å². The normalized spacial score (nSPS) is 14.2. The summed E-state index contributed by atoms with van der Waals surface area (Å²) in [6.07, 6.45) is 2.76. The van der Waals surface area contributed by atoms with E-state index in [1.807, 2.05) is 43.3 Å². The highest BCUT2D eigenvalue weighted by molar-refractivity contribution is 7.92. The molecule has 0 aromatic heterocycles. The van der Waals surface area contributed by atoms with Crippen LogP contribution in [0, 0.1) is 6.92 Å². The summed E-state index contributed by atoms with van der Waals surface area (Å²) in [5.74, 6) is 0.692. The lowest BCUT2D eigenvalue weighted by Crippen LogP contribution is -2.38. The molecule has 0 N–H and O–H groups in total. The molecular formula is C20H25NO3S. The fraction of sp³-hybridized carbons (Fsp3) is 0.400. The Labute approximate surface area is 150 Å². The number of nitrogens with zero attached hydrogens (tertiary/aromatic N) is 1. The Kier molecular flexibility index (Phi) is 5.33. The number of fused-ring (bicyclic) bond motifs is 1. The standard InChI is InChI=1S/C20H25NO3S/c1-3-17-7-9-19(10-8-17)24-13-14-25(22,23)21-12-4-5-18-15-16(2)6-11-20(18)21/h6-11,15H,3-5,12-14H2,1-2H3. The second kappa shape index (κ2) is 7.48. The minimum atomic E-state index is -3.38. The molecule has 0 unspecified atom stereocenters. The largest absolute Gasteiger partial charge is 0.492 e. The number of rotatable bonds is 6. The van der Waals surface area contributed by atoms with E-state index in [9.17, 15) is 8.42 Å². The van der Waals surface area contributed by atoms with Gasteiger partial charge in [0.15, 0.2) is 0 Å². The zero-order chi connectivity index (χ0) is 17.9. The van der Waals surface area contributed by atoms with Crippen LogP contribution in [0.3, 0.4) is 0 Å². The van der Waals surface area contributed by atoms with Gasteiger partial charge < -0.3 is 4.74 Å². The fourth-order valence-corrected chi connectivity index (χ4v) is 4.58. The molecular weight excluding hydrogens is 334 g/mol. The quantitative estimate of drug-likeness (QED) is 0.790. The van der Waals surface area contributed by atoms with E-state index in [0.29, 0.717) is 12.3 Å². The van der Waals surface area contributed by atoms with Gasteiger partial charge in [0.25, 0.3) is 0 Å². The molecule has 3 rings (SSSR count). The molecule has 0 saturated carbocycles.